The molecule has 0 radical (unpaired) electrons. The molecule has 0 aliphatic carbocycles. The minimum atomic E-state index is -1.20. The Morgan fingerprint density at radius 2 is 2.16 bits per heavy atom. The van der Waals surface area contributed by atoms with Crippen LogP contribution in [-0.4, -0.2) is 31.7 Å². The quantitative estimate of drug-likeness (QED) is 0.860. The number of aryl methyl sites for hydroxylation is 2. The number of nitrogens with one attached hydrogen (secondary N) is 1. The van der Waals surface area contributed by atoms with E-state index in [9.17, 15) is 9.59 Å². The van der Waals surface area contributed by atoms with Crippen molar-refractivity contribution in [3.8, 4) is 0 Å². The van der Waals surface area contributed by atoms with Crippen molar-refractivity contribution in [2.24, 2.45) is 7.05 Å². The van der Waals surface area contributed by atoms with Gasteiger partial charge in [0.1, 0.15) is 11.4 Å². The number of aromatic carboxylic acids is 1. The van der Waals surface area contributed by atoms with E-state index in [1.165, 1.54) is 10.9 Å². The van der Waals surface area contributed by atoms with Crippen LogP contribution in [0.1, 0.15) is 26.4 Å². The first-order valence-electron chi connectivity index (χ1n) is 5.49. The van der Waals surface area contributed by atoms with Gasteiger partial charge in [0.05, 0.1) is 0 Å². The molecule has 98 valence electrons. The summed E-state index contributed by atoms with van der Waals surface area (Å²) in [5.41, 5.74) is 0.497. The summed E-state index contributed by atoms with van der Waals surface area (Å²) in [6, 6.07) is 3.54. The number of aromatic nitrogens is 3. The molecule has 0 aromatic carbocycles. The van der Waals surface area contributed by atoms with E-state index < -0.39 is 11.9 Å². The van der Waals surface area contributed by atoms with Crippen molar-refractivity contribution in [3.05, 3.63) is 41.3 Å². The van der Waals surface area contributed by atoms with Gasteiger partial charge < -0.3 is 10.4 Å². The Kier molecular flexibility index (Phi) is 3.28. The third kappa shape index (κ3) is 2.59. The van der Waals surface area contributed by atoms with Gasteiger partial charge in [-0.15, -0.1) is 0 Å². The van der Waals surface area contributed by atoms with Crippen molar-refractivity contribution < 1.29 is 14.7 Å². The largest absolute Gasteiger partial charge is 0.478 e. The third-order valence-electron chi connectivity index (χ3n) is 2.52. The molecule has 0 spiro atoms. The molecule has 0 fully saturated rings. The van der Waals surface area contributed by atoms with Crippen LogP contribution in [0.15, 0.2) is 24.5 Å². The fourth-order valence-corrected chi connectivity index (χ4v) is 1.60. The molecular formula is C12H12N4O3. The van der Waals surface area contributed by atoms with Gasteiger partial charge in [0, 0.05) is 19.4 Å². The summed E-state index contributed by atoms with van der Waals surface area (Å²) in [5.74, 6) is -1.41. The first kappa shape index (κ1) is 12.7. The number of hydrogen-bond donors (Lipinski definition) is 2. The standard InChI is InChI=1S/C12H12N4O3/c1-7-4-3-5-13-10(7)14-11(17)9-8(12(18)19)6-16(2)15-9/h3-6H,1-2H3,(H,18,19)(H,13,14,17). The number of rotatable bonds is 3. The Morgan fingerprint density at radius 1 is 1.42 bits per heavy atom. The molecule has 0 bridgehead atoms. The zero-order chi connectivity index (χ0) is 14.0. The molecule has 0 atom stereocenters. The molecule has 0 aliphatic rings. The number of hydrogen-bond acceptors (Lipinski definition) is 4. The molecule has 2 heterocycles. The molecule has 7 nitrogen and oxygen atoms in total. The summed E-state index contributed by atoms with van der Waals surface area (Å²) in [7, 11) is 1.55. The summed E-state index contributed by atoms with van der Waals surface area (Å²) in [6.45, 7) is 1.79. The lowest BCUT2D eigenvalue weighted by Crippen LogP contribution is -2.17. The van der Waals surface area contributed by atoms with E-state index in [0.717, 1.165) is 5.56 Å². The van der Waals surface area contributed by atoms with Crippen LogP contribution in [-0.2, 0) is 7.05 Å². The van der Waals surface area contributed by atoms with Crippen LogP contribution in [0.4, 0.5) is 5.82 Å². The maximum absolute atomic E-state index is 12.0. The number of nitrogens with zero attached hydrogens (tertiary/aromatic N) is 3. The van der Waals surface area contributed by atoms with Gasteiger partial charge in [-0.25, -0.2) is 9.78 Å². The first-order valence-corrected chi connectivity index (χ1v) is 5.49. The van der Waals surface area contributed by atoms with Crippen molar-refractivity contribution in [2.45, 2.75) is 6.92 Å². The topological polar surface area (TPSA) is 97.1 Å². The van der Waals surface area contributed by atoms with Gasteiger partial charge in [0.2, 0.25) is 0 Å². The number of amides is 1. The summed E-state index contributed by atoms with van der Waals surface area (Å²) in [4.78, 5) is 27.0. The van der Waals surface area contributed by atoms with Crippen LogP contribution in [0.5, 0.6) is 0 Å². The fraction of sp³-hybridized carbons (Fsp3) is 0.167. The molecule has 0 saturated heterocycles. The lowest BCUT2D eigenvalue weighted by atomic mass is 10.2. The first-order chi connectivity index (χ1) is 8.99. The lowest BCUT2D eigenvalue weighted by molar-refractivity contribution is 0.0692. The Labute approximate surface area is 108 Å². The van der Waals surface area contributed by atoms with Gasteiger partial charge in [-0.05, 0) is 18.6 Å². The number of anilines is 1. The van der Waals surface area contributed by atoms with E-state index in [2.05, 4.69) is 15.4 Å². The molecule has 7 heteroatoms. The van der Waals surface area contributed by atoms with Crippen molar-refractivity contribution in [2.75, 3.05) is 5.32 Å². The van der Waals surface area contributed by atoms with Gasteiger partial charge in [-0.2, -0.15) is 5.10 Å². The highest BCUT2D eigenvalue weighted by atomic mass is 16.4. The van der Waals surface area contributed by atoms with Crippen molar-refractivity contribution in [3.63, 3.8) is 0 Å². The van der Waals surface area contributed by atoms with Crippen LogP contribution >= 0.6 is 0 Å². The van der Waals surface area contributed by atoms with Crippen LogP contribution in [0.2, 0.25) is 0 Å². The van der Waals surface area contributed by atoms with Crippen LogP contribution in [0.3, 0.4) is 0 Å². The van der Waals surface area contributed by atoms with E-state index in [1.54, 1.807) is 32.3 Å². The minimum Gasteiger partial charge on any atom is -0.478 e. The van der Waals surface area contributed by atoms with Gasteiger partial charge in [0.25, 0.3) is 5.91 Å². The fourth-order valence-electron chi connectivity index (χ4n) is 1.60. The highest BCUT2D eigenvalue weighted by Gasteiger charge is 2.21. The summed E-state index contributed by atoms with van der Waals surface area (Å²) < 4.78 is 1.28. The van der Waals surface area contributed by atoms with Crippen LogP contribution in [0.25, 0.3) is 0 Å². The van der Waals surface area contributed by atoms with Gasteiger partial charge in [-0.3, -0.25) is 9.48 Å². The Balaban J connectivity index is 2.31. The zero-order valence-corrected chi connectivity index (χ0v) is 10.4. The van der Waals surface area contributed by atoms with Crippen molar-refractivity contribution in [1.82, 2.24) is 14.8 Å². The Bertz CT molecular complexity index is 648. The molecule has 1 amide bonds. The summed E-state index contributed by atoms with van der Waals surface area (Å²) >= 11 is 0. The normalized spacial score (nSPS) is 10.2. The van der Waals surface area contributed by atoms with Crippen molar-refractivity contribution >= 4 is 17.7 Å². The number of carboxylic acids is 1. The molecule has 0 unspecified atom stereocenters. The van der Waals surface area contributed by atoms with E-state index in [-0.39, 0.29) is 11.3 Å². The minimum absolute atomic E-state index is 0.139. The van der Waals surface area contributed by atoms with E-state index >= 15 is 0 Å². The average molecular weight is 260 g/mol. The van der Waals surface area contributed by atoms with Gasteiger partial charge in [-0.1, -0.05) is 6.07 Å². The predicted octanol–water partition coefficient (Wildman–Crippen LogP) is 1.07. The molecule has 19 heavy (non-hydrogen) atoms. The molecule has 0 saturated carbocycles. The smallest absolute Gasteiger partial charge is 0.339 e. The van der Waals surface area contributed by atoms with Crippen LogP contribution in [0, 0.1) is 6.92 Å². The number of carbonyl (C=O) groups is 2. The average Bonchev–Trinajstić information content (AvgIpc) is 2.74. The van der Waals surface area contributed by atoms with Gasteiger partial charge >= 0.3 is 5.97 Å². The number of pyridine rings is 1. The van der Waals surface area contributed by atoms with E-state index in [4.69, 9.17) is 5.11 Å². The summed E-state index contributed by atoms with van der Waals surface area (Å²) in [5, 5.41) is 15.4. The SMILES string of the molecule is Cc1cccnc1NC(=O)c1nn(C)cc1C(=O)O. The number of carboxylic acid groups (broad SMARTS) is 1. The summed E-state index contributed by atoms with van der Waals surface area (Å²) in [6.07, 6.45) is 2.82. The highest BCUT2D eigenvalue weighted by molar-refractivity contribution is 6.09. The predicted molar refractivity (Wildman–Crippen MR) is 67.1 cm³/mol. The molecule has 0 aliphatic heterocycles. The van der Waals surface area contributed by atoms with Crippen molar-refractivity contribution in [1.29, 1.82) is 0 Å². The Hall–Kier alpha value is -2.70. The maximum Gasteiger partial charge on any atom is 0.339 e. The second-order valence-corrected chi connectivity index (χ2v) is 3.99. The van der Waals surface area contributed by atoms with E-state index in [1.807, 2.05) is 0 Å². The zero-order valence-electron chi connectivity index (χ0n) is 10.4. The Morgan fingerprint density at radius 3 is 2.79 bits per heavy atom. The second-order valence-electron chi connectivity index (χ2n) is 3.99. The molecule has 2 rings (SSSR count). The highest BCUT2D eigenvalue weighted by Crippen LogP contribution is 2.13. The third-order valence-corrected chi connectivity index (χ3v) is 2.52. The van der Waals surface area contributed by atoms with E-state index in [0.29, 0.717) is 5.82 Å². The monoisotopic (exact) mass is 260 g/mol. The van der Waals surface area contributed by atoms with Crippen LogP contribution < -0.4 is 5.32 Å². The maximum atomic E-state index is 12.0. The molecule has 2 aromatic rings. The molecule has 2 aromatic heterocycles. The lowest BCUT2D eigenvalue weighted by Gasteiger charge is -2.05. The second kappa shape index (κ2) is 4.89. The molecular weight excluding hydrogens is 248 g/mol. The van der Waals surface area contributed by atoms with Gasteiger partial charge in [0.15, 0.2) is 5.69 Å². The molecule has 2 N–H and O–H groups in total. The number of carbonyl (C=O) groups excluding carboxylic acids is 1.